The first-order valence-electron chi connectivity index (χ1n) is 6.58. The van der Waals surface area contributed by atoms with Crippen molar-refractivity contribution in [2.45, 2.75) is 12.2 Å². The Labute approximate surface area is 125 Å². The van der Waals surface area contributed by atoms with E-state index in [2.05, 4.69) is 5.32 Å². The van der Waals surface area contributed by atoms with Gasteiger partial charge in [0.2, 0.25) is 5.91 Å². The van der Waals surface area contributed by atoms with Gasteiger partial charge in [-0.3, -0.25) is 9.00 Å². The van der Waals surface area contributed by atoms with E-state index in [0.29, 0.717) is 5.75 Å². The van der Waals surface area contributed by atoms with Crippen LogP contribution in [0.5, 0.6) is 0 Å². The highest BCUT2D eigenvalue weighted by Gasteiger charge is 2.07. The van der Waals surface area contributed by atoms with Gasteiger partial charge in [-0.2, -0.15) is 0 Å². The fourth-order valence-corrected chi connectivity index (χ4v) is 2.91. The topological polar surface area (TPSA) is 46.2 Å². The lowest BCUT2D eigenvalue weighted by atomic mass is 10.2. The van der Waals surface area contributed by atoms with E-state index in [1.54, 1.807) is 24.3 Å². The first-order chi connectivity index (χ1) is 10.1. The molecule has 0 spiro atoms. The molecule has 0 heterocycles. The highest BCUT2D eigenvalue weighted by molar-refractivity contribution is 7.84. The first-order valence-corrected chi connectivity index (χ1v) is 8.06. The molecule has 0 bridgehead atoms. The molecule has 21 heavy (non-hydrogen) atoms. The summed E-state index contributed by atoms with van der Waals surface area (Å²) in [6, 6.07) is 15.0. The molecule has 0 aliphatic rings. The lowest BCUT2D eigenvalue weighted by Gasteiger charge is -2.05. The smallest absolute Gasteiger partial charge is 0.225 e. The van der Waals surface area contributed by atoms with Gasteiger partial charge in [0.25, 0.3) is 0 Å². The minimum absolute atomic E-state index is 0.159. The molecule has 110 valence electrons. The molecule has 0 aromatic heterocycles. The zero-order valence-electron chi connectivity index (χ0n) is 11.4. The Balaban J connectivity index is 1.76. The highest BCUT2D eigenvalue weighted by atomic mass is 32.2. The van der Waals surface area contributed by atoms with Gasteiger partial charge in [-0.05, 0) is 29.8 Å². The van der Waals surface area contributed by atoms with Gasteiger partial charge in [0, 0.05) is 34.4 Å². The average Bonchev–Trinajstić information content (AvgIpc) is 2.49. The molecule has 1 amide bonds. The minimum atomic E-state index is -1.14. The summed E-state index contributed by atoms with van der Waals surface area (Å²) in [7, 11) is -1.14. The zero-order valence-corrected chi connectivity index (χ0v) is 12.2. The van der Waals surface area contributed by atoms with Gasteiger partial charge in [0.05, 0.1) is 0 Å². The molecule has 1 N–H and O–H groups in total. The van der Waals surface area contributed by atoms with Crippen LogP contribution < -0.4 is 5.32 Å². The number of amides is 1. The van der Waals surface area contributed by atoms with Crippen LogP contribution in [0.25, 0.3) is 0 Å². The molecule has 2 rings (SSSR count). The summed E-state index contributed by atoms with van der Waals surface area (Å²) < 4.78 is 24.6. The normalized spacial score (nSPS) is 11.9. The number of halogens is 1. The van der Waals surface area contributed by atoms with Crippen LogP contribution >= 0.6 is 0 Å². The summed E-state index contributed by atoms with van der Waals surface area (Å²) in [4.78, 5) is 11.7. The van der Waals surface area contributed by atoms with Crippen LogP contribution in [-0.4, -0.2) is 15.9 Å². The lowest BCUT2D eigenvalue weighted by molar-refractivity contribution is -0.115. The van der Waals surface area contributed by atoms with Crippen molar-refractivity contribution in [2.24, 2.45) is 0 Å². The van der Waals surface area contributed by atoms with Crippen molar-refractivity contribution >= 4 is 22.4 Å². The van der Waals surface area contributed by atoms with Crippen LogP contribution in [-0.2, 0) is 21.3 Å². The molecule has 0 fully saturated rings. The number of anilines is 1. The molecule has 0 saturated heterocycles. The molecule has 0 radical (unpaired) electrons. The van der Waals surface area contributed by atoms with Gasteiger partial charge in [-0.15, -0.1) is 0 Å². The Kier molecular flexibility index (Phi) is 5.63. The third-order valence-corrected chi connectivity index (χ3v) is 4.17. The third kappa shape index (κ3) is 5.47. The maximum atomic E-state index is 12.8. The SMILES string of the molecule is O=C(CC[S@](=O)Cc1ccc(F)cc1)Nc1ccccc1. The summed E-state index contributed by atoms with van der Waals surface area (Å²) in [5.41, 5.74) is 1.53. The third-order valence-electron chi connectivity index (χ3n) is 2.86. The molecular weight excluding hydrogens is 289 g/mol. The largest absolute Gasteiger partial charge is 0.326 e. The number of nitrogens with one attached hydrogen (secondary N) is 1. The van der Waals surface area contributed by atoms with E-state index in [4.69, 9.17) is 0 Å². The number of carbonyl (C=O) groups excluding carboxylic acids is 1. The van der Waals surface area contributed by atoms with Crippen LogP contribution in [0.4, 0.5) is 10.1 Å². The molecule has 1 atom stereocenters. The first kappa shape index (κ1) is 15.4. The van der Waals surface area contributed by atoms with Crippen LogP contribution in [0, 0.1) is 5.82 Å². The van der Waals surface area contributed by atoms with E-state index in [0.717, 1.165) is 11.3 Å². The fraction of sp³-hybridized carbons (Fsp3) is 0.188. The molecule has 0 aliphatic carbocycles. The number of rotatable bonds is 6. The van der Waals surface area contributed by atoms with E-state index in [1.807, 2.05) is 18.2 Å². The number of hydrogen-bond donors (Lipinski definition) is 1. The second-order valence-corrected chi connectivity index (χ2v) is 6.16. The number of carbonyl (C=O) groups is 1. The van der Waals surface area contributed by atoms with Crippen molar-refractivity contribution in [2.75, 3.05) is 11.1 Å². The van der Waals surface area contributed by atoms with Crippen LogP contribution in [0.2, 0.25) is 0 Å². The molecule has 0 aliphatic heterocycles. The number of benzene rings is 2. The van der Waals surface area contributed by atoms with E-state index >= 15 is 0 Å². The molecule has 2 aromatic rings. The summed E-state index contributed by atoms with van der Waals surface area (Å²) >= 11 is 0. The number of hydrogen-bond acceptors (Lipinski definition) is 2. The van der Waals surface area contributed by atoms with Gasteiger partial charge >= 0.3 is 0 Å². The van der Waals surface area contributed by atoms with Crippen LogP contribution in [0.3, 0.4) is 0 Å². The Morgan fingerprint density at radius 2 is 1.71 bits per heavy atom. The minimum Gasteiger partial charge on any atom is -0.326 e. The van der Waals surface area contributed by atoms with Crippen molar-refractivity contribution in [3.05, 3.63) is 66.0 Å². The fourth-order valence-electron chi connectivity index (χ4n) is 1.79. The zero-order chi connectivity index (χ0) is 15.1. The lowest BCUT2D eigenvalue weighted by Crippen LogP contribution is -2.15. The standard InChI is InChI=1S/C16H16FNO2S/c17-14-8-6-13(7-9-14)12-21(20)11-10-16(19)18-15-4-2-1-3-5-15/h1-9H,10-12H2,(H,18,19)/t21-/m0/s1. The maximum absolute atomic E-state index is 12.8. The van der Waals surface area contributed by atoms with Gasteiger partial charge in [0.1, 0.15) is 5.82 Å². The van der Waals surface area contributed by atoms with Crippen molar-refractivity contribution in [3.63, 3.8) is 0 Å². The predicted molar refractivity (Wildman–Crippen MR) is 82.8 cm³/mol. The summed E-state index contributed by atoms with van der Waals surface area (Å²) in [6.45, 7) is 0. The van der Waals surface area contributed by atoms with Crippen LogP contribution in [0.1, 0.15) is 12.0 Å². The Bertz CT molecular complexity index is 614. The van der Waals surface area contributed by atoms with E-state index < -0.39 is 10.8 Å². The predicted octanol–water partition coefficient (Wildman–Crippen LogP) is 3.10. The molecule has 2 aromatic carbocycles. The quantitative estimate of drug-likeness (QED) is 0.891. The maximum Gasteiger partial charge on any atom is 0.225 e. The second kappa shape index (κ2) is 7.69. The van der Waals surface area contributed by atoms with Crippen molar-refractivity contribution in [3.8, 4) is 0 Å². The number of para-hydroxylation sites is 1. The van der Waals surface area contributed by atoms with E-state index in [1.165, 1.54) is 12.1 Å². The summed E-state index contributed by atoms with van der Waals surface area (Å²) in [5.74, 6) is 0.148. The van der Waals surface area contributed by atoms with E-state index in [-0.39, 0.29) is 23.9 Å². The molecular formula is C16H16FNO2S. The Morgan fingerprint density at radius 3 is 2.38 bits per heavy atom. The van der Waals surface area contributed by atoms with Gasteiger partial charge < -0.3 is 5.32 Å². The second-order valence-electron chi connectivity index (χ2n) is 4.58. The molecule has 0 saturated carbocycles. The monoisotopic (exact) mass is 305 g/mol. The van der Waals surface area contributed by atoms with Crippen LogP contribution in [0.15, 0.2) is 54.6 Å². The van der Waals surface area contributed by atoms with E-state index in [9.17, 15) is 13.4 Å². The Hall–Kier alpha value is -2.01. The molecule has 5 heteroatoms. The van der Waals surface area contributed by atoms with Crippen molar-refractivity contribution < 1.29 is 13.4 Å². The average molecular weight is 305 g/mol. The summed E-state index contributed by atoms with van der Waals surface area (Å²) in [5, 5.41) is 2.75. The Morgan fingerprint density at radius 1 is 1.05 bits per heavy atom. The highest BCUT2D eigenvalue weighted by Crippen LogP contribution is 2.08. The van der Waals surface area contributed by atoms with Gasteiger partial charge in [-0.1, -0.05) is 30.3 Å². The van der Waals surface area contributed by atoms with Crippen molar-refractivity contribution in [1.29, 1.82) is 0 Å². The molecule has 3 nitrogen and oxygen atoms in total. The van der Waals surface area contributed by atoms with Gasteiger partial charge in [-0.25, -0.2) is 4.39 Å². The van der Waals surface area contributed by atoms with Gasteiger partial charge in [0.15, 0.2) is 0 Å². The summed E-state index contributed by atoms with van der Waals surface area (Å²) in [6.07, 6.45) is 0.197. The van der Waals surface area contributed by atoms with Crippen molar-refractivity contribution in [1.82, 2.24) is 0 Å². The molecule has 0 unspecified atom stereocenters.